The first-order chi connectivity index (χ1) is 11.0. The van der Waals surface area contributed by atoms with Crippen LogP contribution in [0.25, 0.3) is 11.2 Å². The van der Waals surface area contributed by atoms with Gasteiger partial charge in [-0.3, -0.25) is 14.3 Å². The highest BCUT2D eigenvalue weighted by atomic mass is 32.2. The molecule has 2 aromatic rings. The standard InChI is InChI=1S/C12H16N4O6S/c1-23-12-14-9-5(10(21)15-12)13-3-16(9)11-8(20)7(19)6(18)4(2-17)22-11/h3-4,6-8,11,17-20H,2H2,1H3,(H,14,15,21)/t4-,6+,7+,8-,11-/m0/s1. The summed E-state index contributed by atoms with van der Waals surface area (Å²) in [5, 5.41) is 39.5. The molecule has 0 saturated carbocycles. The highest BCUT2D eigenvalue weighted by Gasteiger charge is 2.44. The number of rotatable bonds is 3. The molecule has 1 aliphatic rings. The van der Waals surface area contributed by atoms with Crippen LogP contribution in [0.15, 0.2) is 16.3 Å². The molecule has 0 unspecified atom stereocenters. The molecule has 0 aliphatic carbocycles. The molecule has 23 heavy (non-hydrogen) atoms. The summed E-state index contributed by atoms with van der Waals surface area (Å²) >= 11 is 1.22. The molecule has 1 aliphatic heterocycles. The lowest BCUT2D eigenvalue weighted by atomic mass is 9.98. The maximum Gasteiger partial charge on any atom is 0.279 e. The Bertz CT molecular complexity index is 762. The number of H-pyrrole nitrogens is 1. The van der Waals surface area contributed by atoms with Gasteiger partial charge in [0, 0.05) is 0 Å². The lowest BCUT2D eigenvalue weighted by Crippen LogP contribution is -2.56. The van der Waals surface area contributed by atoms with Gasteiger partial charge in [-0.05, 0) is 6.26 Å². The fraction of sp³-hybridized carbons (Fsp3) is 0.583. The molecule has 0 bridgehead atoms. The monoisotopic (exact) mass is 344 g/mol. The van der Waals surface area contributed by atoms with Gasteiger partial charge >= 0.3 is 0 Å². The maximum atomic E-state index is 12.0. The molecule has 0 aromatic carbocycles. The SMILES string of the molecule is CSc1nc2c(ncn2[C@H]2O[C@@H](CO)[C@@H](O)[C@@H](O)[C@@H]2O)c(=O)[nH]1. The predicted octanol–water partition coefficient (Wildman–Crippen LogP) is -2.19. The van der Waals surface area contributed by atoms with Crippen molar-refractivity contribution in [1.29, 1.82) is 0 Å². The summed E-state index contributed by atoms with van der Waals surface area (Å²) in [6.07, 6.45) is -3.69. The third kappa shape index (κ3) is 2.65. The molecular formula is C12H16N4O6S. The summed E-state index contributed by atoms with van der Waals surface area (Å²) in [6, 6.07) is 0. The van der Waals surface area contributed by atoms with Gasteiger partial charge in [0.05, 0.1) is 12.9 Å². The summed E-state index contributed by atoms with van der Waals surface area (Å²) in [5.41, 5.74) is -0.218. The average Bonchev–Trinajstić information content (AvgIpc) is 2.97. The van der Waals surface area contributed by atoms with E-state index in [9.17, 15) is 25.2 Å². The number of aromatic amines is 1. The van der Waals surface area contributed by atoms with E-state index in [-0.39, 0.29) is 11.2 Å². The molecule has 11 heteroatoms. The second kappa shape index (κ2) is 6.19. The number of aliphatic hydroxyl groups is 4. The molecule has 1 saturated heterocycles. The van der Waals surface area contributed by atoms with Crippen molar-refractivity contribution >= 4 is 22.9 Å². The Morgan fingerprint density at radius 1 is 1.35 bits per heavy atom. The Labute approximate surface area is 133 Å². The van der Waals surface area contributed by atoms with Gasteiger partial charge in [-0.15, -0.1) is 0 Å². The Hall–Kier alpha value is -1.50. The fourth-order valence-corrected chi connectivity index (χ4v) is 2.87. The average molecular weight is 344 g/mol. The lowest BCUT2D eigenvalue weighted by Gasteiger charge is -2.40. The van der Waals surface area contributed by atoms with Crippen molar-refractivity contribution in [3.63, 3.8) is 0 Å². The van der Waals surface area contributed by atoms with E-state index in [0.717, 1.165) is 0 Å². The Balaban J connectivity index is 2.08. The highest BCUT2D eigenvalue weighted by molar-refractivity contribution is 7.98. The quantitative estimate of drug-likeness (QED) is 0.309. The van der Waals surface area contributed by atoms with E-state index in [0.29, 0.717) is 5.16 Å². The Morgan fingerprint density at radius 3 is 2.74 bits per heavy atom. The molecule has 0 radical (unpaired) electrons. The molecule has 0 spiro atoms. The van der Waals surface area contributed by atoms with E-state index in [4.69, 9.17) is 4.74 Å². The third-order valence-electron chi connectivity index (χ3n) is 3.75. The van der Waals surface area contributed by atoms with Gasteiger partial charge in [-0.2, -0.15) is 0 Å². The third-order valence-corrected chi connectivity index (χ3v) is 4.33. The molecule has 126 valence electrons. The van der Waals surface area contributed by atoms with Crippen molar-refractivity contribution in [2.45, 2.75) is 35.8 Å². The maximum absolute atomic E-state index is 12.0. The molecule has 3 rings (SSSR count). The van der Waals surface area contributed by atoms with Crippen LogP contribution in [0.2, 0.25) is 0 Å². The number of thioether (sulfide) groups is 1. The largest absolute Gasteiger partial charge is 0.394 e. The number of ether oxygens (including phenoxy) is 1. The van der Waals surface area contributed by atoms with Crippen molar-refractivity contribution in [1.82, 2.24) is 19.5 Å². The van der Waals surface area contributed by atoms with Crippen LogP contribution in [-0.4, -0.2) is 77.2 Å². The van der Waals surface area contributed by atoms with E-state index in [1.54, 1.807) is 6.26 Å². The zero-order chi connectivity index (χ0) is 16.7. The minimum atomic E-state index is -1.52. The molecular weight excluding hydrogens is 328 g/mol. The minimum Gasteiger partial charge on any atom is -0.394 e. The number of aromatic nitrogens is 4. The van der Waals surface area contributed by atoms with Gasteiger partial charge in [0.1, 0.15) is 24.4 Å². The van der Waals surface area contributed by atoms with E-state index < -0.39 is 42.8 Å². The van der Waals surface area contributed by atoms with Crippen LogP contribution in [0.4, 0.5) is 0 Å². The Kier molecular flexibility index (Phi) is 4.40. The first kappa shape index (κ1) is 16.4. The number of nitrogens with one attached hydrogen (secondary N) is 1. The molecule has 10 nitrogen and oxygen atoms in total. The molecule has 5 atom stereocenters. The molecule has 0 amide bonds. The number of hydrogen-bond acceptors (Lipinski definition) is 9. The predicted molar refractivity (Wildman–Crippen MR) is 78.9 cm³/mol. The van der Waals surface area contributed by atoms with Gasteiger partial charge < -0.3 is 25.2 Å². The lowest BCUT2D eigenvalue weighted by molar-refractivity contribution is -0.250. The van der Waals surface area contributed by atoms with Crippen molar-refractivity contribution in [3.05, 3.63) is 16.7 Å². The van der Waals surface area contributed by atoms with Crippen LogP contribution < -0.4 is 5.56 Å². The second-order valence-corrected chi connectivity index (χ2v) is 5.91. The van der Waals surface area contributed by atoms with E-state index in [2.05, 4.69) is 15.0 Å². The molecule has 1 fully saturated rings. The second-order valence-electron chi connectivity index (χ2n) is 5.12. The van der Waals surface area contributed by atoms with Crippen molar-refractivity contribution in [2.24, 2.45) is 0 Å². The van der Waals surface area contributed by atoms with Crippen LogP contribution in [0.1, 0.15) is 6.23 Å². The number of nitrogens with zero attached hydrogens (tertiary/aromatic N) is 3. The van der Waals surface area contributed by atoms with E-state index in [1.165, 1.54) is 22.7 Å². The number of aliphatic hydroxyl groups excluding tert-OH is 4. The van der Waals surface area contributed by atoms with Crippen LogP contribution >= 0.6 is 11.8 Å². The number of hydrogen-bond donors (Lipinski definition) is 5. The fourth-order valence-electron chi connectivity index (χ4n) is 2.50. The summed E-state index contributed by atoms with van der Waals surface area (Å²) < 4.78 is 6.75. The van der Waals surface area contributed by atoms with Gasteiger partial charge in [-0.1, -0.05) is 11.8 Å². The van der Waals surface area contributed by atoms with Crippen molar-refractivity contribution in [2.75, 3.05) is 12.9 Å². The van der Waals surface area contributed by atoms with Crippen molar-refractivity contribution in [3.8, 4) is 0 Å². The first-order valence-corrected chi connectivity index (χ1v) is 8.01. The van der Waals surface area contributed by atoms with Crippen LogP contribution in [-0.2, 0) is 4.74 Å². The van der Waals surface area contributed by atoms with Crippen LogP contribution in [0.5, 0.6) is 0 Å². The smallest absolute Gasteiger partial charge is 0.279 e. The summed E-state index contributed by atoms with van der Waals surface area (Å²) in [4.78, 5) is 22.7. The molecule has 2 aromatic heterocycles. The van der Waals surface area contributed by atoms with E-state index >= 15 is 0 Å². The van der Waals surface area contributed by atoms with Gasteiger partial charge in [0.15, 0.2) is 22.5 Å². The van der Waals surface area contributed by atoms with Gasteiger partial charge in [-0.25, -0.2) is 9.97 Å². The summed E-state index contributed by atoms with van der Waals surface area (Å²) in [6.45, 7) is -0.544. The normalized spacial score (nSPS) is 31.6. The highest BCUT2D eigenvalue weighted by Crippen LogP contribution is 2.30. The zero-order valence-electron chi connectivity index (χ0n) is 12.0. The van der Waals surface area contributed by atoms with Crippen LogP contribution in [0.3, 0.4) is 0 Å². The van der Waals surface area contributed by atoms with E-state index in [1.807, 2.05) is 0 Å². The minimum absolute atomic E-state index is 0.0553. The summed E-state index contributed by atoms with van der Waals surface area (Å²) in [7, 11) is 0. The topological polar surface area (TPSA) is 154 Å². The van der Waals surface area contributed by atoms with Crippen LogP contribution in [0, 0.1) is 0 Å². The summed E-state index contributed by atoms with van der Waals surface area (Å²) in [5.74, 6) is 0. The Morgan fingerprint density at radius 2 is 2.09 bits per heavy atom. The van der Waals surface area contributed by atoms with Gasteiger partial charge in [0.2, 0.25) is 0 Å². The molecule has 3 heterocycles. The van der Waals surface area contributed by atoms with Gasteiger partial charge in [0.25, 0.3) is 5.56 Å². The molecule has 5 N–H and O–H groups in total. The number of fused-ring (bicyclic) bond motifs is 1. The zero-order valence-corrected chi connectivity index (χ0v) is 12.8. The number of imidazole rings is 1. The first-order valence-electron chi connectivity index (χ1n) is 6.79. The van der Waals surface area contributed by atoms with Crippen molar-refractivity contribution < 1.29 is 25.2 Å².